The zero-order valence-corrected chi connectivity index (χ0v) is 11.3. The van der Waals surface area contributed by atoms with Gasteiger partial charge in [-0.2, -0.15) is 0 Å². The Morgan fingerprint density at radius 2 is 2.24 bits per heavy atom. The second kappa shape index (κ2) is 5.97. The smallest absolute Gasteiger partial charge is 0.271 e. The van der Waals surface area contributed by atoms with Crippen LogP contribution in [0.15, 0.2) is 22.7 Å². The molecule has 7 heteroatoms. The first kappa shape index (κ1) is 13.9. The molecule has 1 aromatic carbocycles. The van der Waals surface area contributed by atoms with E-state index in [1.807, 2.05) is 0 Å². The molecule has 0 radical (unpaired) electrons. The van der Waals surface area contributed by atoms with Crippen LogP contribution < -0.4 is 5.32 Å². The molecule has 0 saturated carbocycles. The van der Waals surface area contributed by atoms with Crippen molar-refractivity contribution in [3.05, 3.63) is 38.3 Å². The third-order valence-electron chi connectivity index (χ3n) is 1.90. The van der Waals surface area contributed by atoms with Gasteiger partial charge in [-0.05, 0) is 13.0 Å². The second-order valence-electron chi connectivity index (χ2n) is 3.45. The highest BCUT2D eigenvalue weighted by Gasteiger charge is 2.13. The number of nitrogens with one attached hydrogen (secondary N) is 1. The summed E-state index contributed by atoms with van der Waals surface area (Å²) in [6.07, 6.45) is 0. The Hall–Kier alpha value is -1.14. The predicted octanol–water partition coefficient (Wildman–Crippen LogP) is 2.71. The first-order valence-corrected chi connectivity index (χ1v) is 6.00. The van der Waals surface area contributed by atoms with Crippen molar-refractivity contribution in [3.63, 3.8) is 0 Å². The lowest BCUT2D eigenvalue weighted by Gasteiger charge is -2.06. The maximum atomic E-state index is 11.7. The highest BCUT2D eigenvalue weighted by Crippen LogP contribution is 2.21. The van der Waals surface area contributed by atoms with Gasteiger partial charge in [0.1, 0.15) is 0 Å². The number of nitrogens with zero attached hydrogens (tertiary/aromatic N) is 1. The maximum Gasteiger partial charge on any atom is 0.271 e. The molecule has 17 heavy (non-hydrogen) atoms. The van der Waals surface area contributed by atoms with Gasteiger partial charge in [0.2, 0.25) is 0 Å². The Morgan fingerprint density at radius 1 is 1.59 bits per heavy atom. The Labute approximate surface area is 111 Å². The van der Waals surface area contributed by atoms with Gasteiger partial charge in [0, 0.05) is 34.1 Å². The third kappa shape index (κ3) is 4.32. The number of rotatable bonds is 4. The Kier molecular flexibility index (Phi) is 4.89. The monoisotopic (exact) mass is 320 g/mol. The molecule has 1 rings (SSSR count). The molecule has 1 atom stereocenters. The lowest BCUT2D eigenvalue weighted by molar-refractivity contribution is -0.385. The normalized spacial score (nSPS) is 11.9. The standard InChI is InChI=1S/C10H10BrClN2O3/c1-6(12)5-13-10(15)7-2-8(11)4-9(3-7)14(16)17/h2-4,6H,5H2,1H3,(H,13,15). The van der Waals surface area contributed by atoms with Gasteiger partial charge in [-0.15, -0.1) is 11.6 Å². The van der Waals surface area contributed by atoms with E-state index in [1.165, 1.54) is 18.2 Å². The van der Waals surface area contributed by atoms with Gasteiger partial charge < -0.3 is 5.32 Å². The van der Waals surface area contributed by atoms with Crippen molar-refractivity contribution in [3.8, 4) is 0 Å². The summed E-state index contributed by atoms with van der Waals surface area (Å²) in [5, 5.41) is 13.0. The molecule has 1 unspecified atom stereocenters. The molecule has 1 aromatic rings. The van der Waals surface area contributed by atoms with Crippen LogP contribution >= 0.6 is 27.5 Å². The van der Waals surface area contributed by atoms with E-state index in [9.17, 15) is 14.9 Å². The lowest BCUT2D eigenvalue weighted by atomic mass is 10.2. The maximum absolute atomic E-state index is 11.7. The molecule has 0 aliphatic carbocycles. The summed E-state index contributed by atoms with van der Waals surface area (Å²) >= 11 is 8.81. The fourth-order valence-corrected chi connectivity index (χ4v) is 1.70. The number of hydrogen-bond donors (Lipinski definition) is 1. The Bertz CT molecular complexity index is 451. The zero-order valence-electron chi connectivity index (χ0n) is 8.94. The van der Waals surface area contributed by atoms with E-state index in [2.05, 4.69) is 21.2 Å². The van der Waals surface area contributed by atoms with Crippen molar-refractivity contribution in [1.29, 1.82) is 0 Å². The minimum atomic E-state index is -0.550. The highest BCUT2D eigenvalue weighted by atomic mass is 79.9. The van der Waals surface area contributed by atoms with E-state index in [0.29, 0.717) is 11.0 Å². The van der Waals surface area contributed by atoms with E-state index in [4.69, 9.17) is 11.6 Å². The van der Waals surface area contributed by atoms with Gasteiger partial charge in [-0.3, -0.25) is 14.9 Å². The van der Waals surface area contributed by atoms with E-state index in [1.54, 1.807) is 6.92 Å². The molecule has 0 fully saturated rings. The van der Waals surface area contributed by atoms with Gasteiger partial charge in [0.25, 0.3) is 11.6 Å². The lowest BCUT2D eigenvalue weighted by Crippen LogP contribution is -2.28. The summed E-state index contributed by atoms with van der Waals surface area (Å²) in [5.74, 6) is -0.387. The molecule has 0 heterocycles. The quantitative estimate of drug-likeness (QED) is 0.526. The number of nitro groups is 1. The van der Waals surface area contributed by atoms with Crippen molar-refractivity contribution >= 4 is 39.1 Å². The van der Waals surface area contributed by atoms with Gasteiger partial charge in [-0.1, -0.05) is 15.9 Å². The number of halogens is 2. The molecule has 5 nitrogen and oxygen atoms in total. The second-order valence-corrected chi connectivity index (χ2v) is 5.11. The van der Waals surface area contributed by atoms with E-state index in [0.717, 1.165) is 0 Å². The Balaban J connectivity index is 2.90. The van der Waals surface area contributed by atoms with Crippen LogP contribution in [0.2, 0.25) is 0 Å². The van der Waals surface area contributed by atoms with Gasteiger partial charge in [-0.25, -0.2) is 0 Å². The average Bonchev–Trinajstić information content (AvgIpc) is 2.24. The third-order valence-corrected chi connectivity index (χ3v) is 2.51. The average molecular weight is 322 g/mol. The topological polar surface area (TPSA) is 72.2 Å². The van der Waals surface area contributed by atoms with Crippen LogP contribution in [0, 0.1) is 10.1 Å². The van der Waals surface area contributed by atoms with E-state index in [-0.39, 0.29) is 22.5 Å². The first-order valence-electron chi connectivity index (χ1n) is 4.77. The van der Waals surface area contributed by atoms with Gasteiger partial charge in [0.05, 0.1) is 4.92 Å². The molecule has 0 aromatic heterocycles. The van der Waals surface area contributed by atoms with Crippen molar-refractivity contribution in [1.82, 2.24) is 5.32 Å². The fourth-order valence-electron chi connectivity index (χ4n) is 1.15. The number of carbonyl (C=O) groups excluding carboxylic acids is 1. The zero-order chi connectivity index (χ0) is 13.0. The van der Waals surface area contributed by atoms with E-state index >= 15 is 0 Å². The minimum Gasteiger partial charge on any atom is -0.351 e. The predicted molar refractivity (Wildman–Crippen MR) is 68.4 cm³/mol. The van der Waals surface area contributed by atoms with Crippen molar-refractivity contribution < 1.29 is 9.72 Å². The molecule has 0 spiro atoms. The minimum absolute atomic E-state index is 0.136. The van der Waals surface area contributed by atoms with Crippen LogP contribution in [-0.4, -0.2) is 22.8 Å². The van der Waals surface area contributed by atoms with Crippen LogP contribution in [0.1, 0.15) is 17.3 Å². The Morgan fingerprint density at radius 3 is 2.76 bits per heavy atom. The van der Waals surface area contributed by atoms with Crippen LogP contribution in [0.4, 0.5) is 5.69 Å². The SMILES string of the molecule is CC(Cl)CNC(=O)c1cc(Br)cc([N+](=O)[O-])c1. The summed E-state index contributed by atoms with van der Waals surface area (Å²) in [6.45, 7) is 2.05. The molecular weight excluding hydrogens is 311 g/mol. The molecule has 0 aliphatic rings. The van der Waals surface area contributed by atoms with Crippen molar-refractivity contribution in [2.45, 2.75) is 12.3 Å². The summed E-state index contributed by atoms with van der Waals surface area (Å²) < 4.78 is 0.482. The van der Waals surface area contributed by atoms with Gasteiger partial charge in [0.15, 0.2) is 0 Å². The van der Waals surface area contributed by atoms with Crippen molar-refractivity contribution in [2.75, 3.05) is 6.54 Å². The first-order chi connectivity index (χ1) is 7.90. The number of non-ortho nitro benzene ring substituents is 1. The number of nitro benzene ring substituents is 1. The molecule has 1 N–H and O–H groups in total. The van der Waals surface area contributed by atoms with Gasteiger partial charge >= 0.3 is 0 Å². The number of alkyl halides is 1. The molecule has 0 aliphatic heterocycles. The molecule has 0 saturated heterocycles. The largest absolute Gasteiger partial charge is 0.351 e. The molecular formula is C10H10BrClN2O3. The number of benzene rings is 1. The van der Waals surface area contributed by atoms with Crippen molar-refractivity contribution in [2.24, 2.45) is 0 Å². The summed E-state index contributed by atoms with van der Waals surface area (Å²) in [4.78, 5) is 21.7. The summed E-state index contributed by atoms with van der Waals surface area (Å²) in [7, 11) is 0. The number of hydrogen-bond acceptors (Lipinski definition) is 3. The highest BCUT2D eigenvalue weighted by molar-refractivity contribution is 9.10. The van der Waals surface area contributed by atoms with Crippen LogP contribution in [0.25, 0.3) is 0 Å². The molecule has 1 amide bonds. The van der Waals surface area contributed by atoms with Crippen LogP contribution in [0.5, 0.6) is 0 Å². The number of amides is 1. The molecule has 0 bridgehead atoms. The fraction of sp³-hybridized carbons (Fsp3) is 0.300. The van der Waals surface area contributed by atoms with Crippen LogP contribution in [0.3, 0.4) is 0 Å². The summed E-state index contributed by atoms with van der Waals surface area (Å²) in [6, 6.07) is 4.07. The molecule has 92 valence electrons. The summed E-state index contributed by atoms with van der Waals surface area (Å²) in [5.41, 5.74) is 0.0897. The number of carbonyl (C=O) groups is 1. The van der Waals surface area contributed by atoms with Crippen LogP contribution in [-0.2, 0) is 0 Å². The van der Waals surface area contributed by atoms with E-state index < -0.39 is 4.92 Å².